The molecule has 0 bridgehead atoms. The molecule has 1 aromatic heterocycles. The molecule has 1 N–H and O–H groups in total. The maximum atomic E-state index is 10.8. The highest BCUT2D eigenvalue weighted by molar-refractivity contribution is 5.66. The summed E-state index contributed by atoms with van der Waals surface area (Å²) in [6, 6.07) is 0. The van der Waals surface area contributed by atoms with Crippen LogP contribution in [0.5, 0.6) is 0 Å². The lowest BCUT2D eigenvalue weighted by Crippen LogP contribution is -2.25. The average molecular weight is 321 g/mol. The number of likely N-dealkylation sites (tertiary alicyclic amines) is 1. The molecule has 0 aromatic carbocycles. The van der Waals surface area contributed by atoms with Gasteiger partial charge in [0.1, 0.15) is 0 Å². The molecule has 130 valence electrons. The average Bonchev–Trinajstić information content (AvgIpc) is 2.68. The SMILES string of the molecule is Cc1nn(CCC(=O)O)c(C)c1CN1CCCC(C(C)C)CC1. The Morgan fingerprint density at radius 3 is 2.70 bits per heavy atom. The molecule has 0 amide bonds. The number of hydrogen-bond donors (Lipinski definition) is 1. The van der Waals surface area contributed by atoms with Crippen molar-refractivity contribution in [1.29, 1.82) is 0 Å². The summed E-state index contributed by atoms with van der Waals surface area (Å²) in [6.07, 6.45) is 4.02. The number of nitrogens with zero attached hydrogens (tertiary/aromatic N) is 3. The summed E-state index contributed by atoms with van der Waals surface area (Å²) in [5.74, 6) is 0.851. The smallest absolute Gasteiger partial charge is 0.305 e. The lowest BCUT2D eigenvalue weighted by Gasteiger charge is -2.21. The molecule has 1 atom stereocenters. The third-order valence-electron chi connectivity index (χ3n) is 5.26. The van der Waals surface area contributed by atoms with Crippen molar-refractivity contribution < 1.29 is 9.90 Å². The second-order valence-electron chi connectivity index (χ2n) is 7.23. The molecule has 0 radical (unpaired) electrons. The van der Waals surface area contributed by atoms with Gasteiger partial charge in [0.25, 0.3) is 0 Å². The largest absolute Gasteiger partial charge is 0.481 e. The predicted molar refractivity (Wildman–Crippen MR) is 91.4 cm³/mol. The zero-order chi connectivity index (χ0) is 17.0. The van der Waals surface area contributed by atoms with E-state index >= 15 is 0 Å². The van der Waals surface area contributed by atoms with Crippen LogP contribution in [0.3, 0.4) is 0 Å². The number of carboxylic acid groups (broad SMARTS) is 1. The van der Waals surface area contributed by atoms with Gasteiger partial charge in [0.15, 0.2) is 0 Å². The van der Waals surface area contributed by atoms with Crippen LogP contribution < -0.4 is 0 Å². The van der Waals surface area contributed by atoms with Gasteiger partial charge in [-0.15, -0.1) is 0 Å². The van der Waals surface area contributed by atoms with Crippen LogP contribution in [-0.2, 0) is 17.9 Å². The van der Waals surface area contributed by atoms with Crippen LogP contribution in [0.15, 0.2) is 0 Å². The first-order valence-electron chi connectivity index (χ1n) is 8.85. The van der Waals surface area contributed by atoms with E-state index in [4.69, 9.17) is 5.11 Å². The van der Waals surface area contributed by atoms with Gasteiger partial charge in [-0.25, -0.2) is 0 Å². The van der Waals surface area contributed by atoms with Crippen molar-refractivity contribution in [2.24, 2.45) is 11.8 Å². The fraction of sp³-hybridized carbons (Fsp3) is 0.778. The standard InChI is InChI=1S/C18H31N3O2/c1-13(2)16-6-5-9-20(10-7-16)12-17-14(3)19-21(15(17)4)11-8-18(22)23/h13,16H,5-12H2,1-4H3,(H,22,23). The molecule has 1 aliphatic heterocycles. The fourth-order valence-electron chi connectivity index (χ4n) is 3.61. The molecule has 1 aliphatic rings. The van der Waals surface area contributed by atoms with Gasteiger partial charge in [-0.3, -0.25) is 14.4 Å². The Bertz CT molecular complexity index is 537. The Morgan fingerprint density at radius 1 is 1.30 bits per heavy atom. The molecule has 1 aromatic rings. The van der Waals surface area contributed by atoms with Gasteiger partial charge in [0.05, 0.1) is 18.7 Å². The minimum Gasteiger partial charge on any atom is -0.481 e. The third kappa shape index (κ3) is 4.80. The van der Waals surface area contributed by atoms with Crippen molar-refractivity contribution >= 4 is 5.97 Å². The first-order valence-corrected chi connectivity index (χ1v) is 8.85. The van der Waals surface area contributed by atoms with Gasteiger partial charge < -0.3 is 5.11 Å². The van der Waals surface area contributed by atoms with E-state index in [0.29, 0.717) is 6.54 Å². The molecule has 2 heterocycles. The summed E-state index contributed by atoms with van der Waals surface area (Å²) in [5, 5.41) is 13.4. The molecule has 1 fully saturated rings. The highest BCUT2D eigenvalue weighted by Crippen LogP contribution is 2.26. The number of aromatic nitrogens is 2. The highest BCUT2D eigenvalue weighted by atomic mass is 16.4. The van der Waals surface area contributed by atoms with E-state index in [2.05, 4.69) is 30.8 Å². The van der Waals surface area contributed by atoms with Crippen LogP contribution in [-0.4, -0.2) is 38.8 Å². The molecule has 0 saturated carbocycles. The Balaban J connectivity index is 2.01. The third-order valence-corrected chi connectivity index (χ3v) is 5.26. The van der Waals surface area contributed by atoms with Gasteiger partial charge >= 0.3 is 5.97 Å². The maximum Gasteiger partial charge on any atom is 0.305 e. The lowest BCUT2D eigenvalue weighted by molar-refractivity contribution is -0.137. The number of rotatable bonds is 6. The van der Waals surface area contributed by atoms with Crippen LogP contribution >= 0.6 is 0 Å². The Morgan fingerprint density at radius 2 is 2.04 bits per heavy atom. The maximum absolute atomic E-state index is 10.8. The van der Waals surface area contributed by atoms with Gasteiger partial charge in [0.2, 0.25) is 0 Å². The van der Waals surface area contributed by atoms with Crippen LogP contribution in [0.2, 0.25) is 0 Å². The van der Waals surface area contributed by atoms with Crippen LogP contribution in [0, 0.1) is 25.7 Å². The molecule has 23 heavy (non-hydrogen) atoms. The summed E-state index contributed by atoms with van der Waals surface area (Å²) in [4.78, 5) is 13.3. The summed E-state index contributed by atoms with van der Waals surface area (Å²) in [6.45, 7) is 12.5. The van der Waals surface area contributed by atoms with E-state index in [1.165, 1.54) is 24.8 Å². The minimum absolute atomic E-state index is 0.126. The van der Waals surface area contributed by atoms with E-state index < -0.39 is 5.97 Å². The fourth-order valence-corrected chi connectivity index (χ4v) is 3.61. The van der Waals surface area contributed by atoms with Crippen molar-refractivity contribution in [2.75, 3.05) is 13.1 Å². The Labute approximate surface area is 139 Å². The Hall–Kier alpha value is -1.36. The van der Waals surface area contributed by atoms with Gasteiger partial charge in [-0.1, -0.05) is 13.8 Å². The molecule has 2 rings (SSSR count). The first kappa shape index (κ1) is 18.0. The second kappa shape index (κ2) is 7.95. The molecule has 0 spiro atoms. The van der Waals surface area contributed by atoms with E-state index in [1.807, 2.05) is 11.6 Å². The van der Waals surface area contributed by atoms with Crippen molar-refractivity contribution in [1.82, 2.24) is 14.7 Å². The van der Waals surface area contributed by atoms with Gasteiger partial charge in [0, 0.05) is 17.8 Å². The normalized spacial score (nSPS) is 20.0. The van der Waals surface area contributed by atoms with Gasteiger partial charge in [-0.05, 0) is 58.0 Å². The topological polar surface area (TPSA) is 58.4 Å². The highest BCUT2D eigenvalue weighted by Gasteiger charge is 2.21. The summed E-state index contributed by atoms with van der Waals surface area (Å²) >= 11 is 0. The quantitative estimate of drug-likeness (QED) is 0.874. The van der Waals surface area contributed by atoms with Crippen LogP contribution in [0.25, 0.3) is 0 Å². The molecule has 1 saturated heterocycles. The molecule has 5 heteroatoms. The minimum atomic E-state index is -0.772. The number of hydrogen-bond acceptors (Lipinski definition) is 3. The molecular weight excluding hydrogens is 290 g/mol. The predicted octanol–water partition coefficient (Wildman–Crippen LogP) is 3.23. The van der Waals surface area contributed by atoms with Crippen molar-refractivity contribution in [3.63, 3.8) is 0 Å². The van der Waals surface area contributed by atoms with Crippen LogP contribution in [0.1, 0.15) is 56.5 Å². The van der Waals surface area contributed by atoms with Crippen LogP contribution in [0.4, 0.5) is 0 Å². The molecule has 5 nitrogen and oxygen atoms in total. The molecule has 1 unspecified atom stereocenters. The first-order chi connectivity index (χ1) is 10.9. The summed E-state index contributed by atoms with van der Waals surface area (Å²) in [7, 11) is 0. The number of aliphatic carboxylic acids is 1. The van der Waals surface area contributed by atoms with Crippen molar-refractivity contribution in [2.45, 2.75) is 66.5 Å². The molecular formula is C18H31N3O2. The van der Waals surface area contributed by atoms with Crippen molar-refractivity contribution in [3.8, 4) is 0 Å². The number of carbonyl (C=O) groups is 1. The Kier molecular flexibility index (Phi) is 6.22. The molecule has 0 aliphatic carbocycles. The summed E-state index contributed by atoms with van der Waals surface area (Å²) < 4.78 is 1.85. The zero-order valence-corrected chi connectivity index (χ0v) is 15.0. The monoisotopic (exact) mass is 321 g/mol. The van der Waals surface area contributed by atoms with E-state index in [0.717, 1.165) is 42.9 Å². The second-order valence-corrected chi connectivity index (χ2v) is 7.23. The van der Waals surface area contributed by atoms with Gasteiger partial charge in [-0.2, -0.15) is 5.10 Å². The number of aryl methyl sites for hydroxylation is 2. The van der Waals surface area contributed by atoms with Crippen molar-refractivity contribution in [3.05, 3.63) is 17.0 Å². The summed E-state index contributed by atoms with van der Waals surface area (Å²) in [5.41, 5.74) is 3.43. The van der Waals surface area contributed by atoms with E-state index in [9.17, 15) is 4.79 Å². The van der Waals surface area contributed by atoms with E-state index in [-0.39, 0.29) is 6.42 Å². The number of carboxylic acids is 1. The lowest BCUT2D eigenvalue weighted by atomic mass is 9.89. The zero-order valence-electron chi connectivity index (χ0n) is 15.0. The van der Waals surface area contributed by atoms with E-state index in [1.54, 1.807) is 0 Å².